The molecule has 0 aliphatic carbocycles. The van der Waals surface area contributed by atoms with Crippen LogP contribution in [0.15, 0.2) is 46.9 Å². The van der Waals surface area contributed by atoms with Gasteiger partial charge < -0.3 is 4.74 Å². The van der Waals surface area contributed by atoms with Crippen LogP contribution in [0.2, 0.25) is 0 Å². The van der Waals surface area contributed by atoms with Gasteiger partial charge in [0.1, 0.15) is 5.75 Å². The fraction of sp³-hybridized carbons (Fsp3) is 0.133. The number of ether oxygens (including phenoxy) is 1. The van der Waals surface area contributed by atoms with E-state index in [4.69, 9.17) is 4.74 Å². The van der Waals surface area contributed by atoms with Gasteiger partial charge in [-0.3, -0.25) is 4.79 Å². The van der Waals surface area contributed by atoms with E-state index in [1.165, 1.54) is 0 Å². The minimum Gasteiger partial charge on any atom is -0.497 e. The molecule has 2 nitrogen and oxygen atoms in total. The predicted molar refractivity (Wildman–Crippen MR) is 75.3 cm³/mol. The van der Waals surface area contributed by atoms with Crippen molar-refractivity contribution < 1.29 is 9.53 Å². The molecule has 0 saturated carbocycles. The minimum absolute atomic E-state index is 0.0163. The van der Waals surface area contributed by atoms with Crippen LogP contribution in [0.1, 0.15) is 21.5 Å². The molecule has 0 atom stereocenters. The van der Waals surface area contributed by atoms with E-state index in [1.807, 2.05) is 37.3 Å². The van der Waals surface area contributed by atoms with E-state index in [2.05, 4.69) is 15.9 Å². The third kappa shape index (κ3) is 2.46. The molecule has 3 heteroatoms. The van der Waals surface area contributed by atoms with Gasteiger partial charge in [0.2, 0.25) is 0 Å². The van der Waals surface area contributed by atoms with Gasteiger partial charge in [0.05, 0.1) is 7.11 Å². The number of halogens is 1. The SMILES string of the molecule is COc1ccc(C(=O)c2ccccc2Br)c(C)c1. The van der Waals surface area contributed by atoms with Gasteiger partial charge in [-0.2, -0.15) is 0 Å². The maximum Gasteiger partial charge on any atom is 0.194 e. The quantitative estimate of drug-likeness (QED) is 0.801. The van der Waals surface area contributed by atoms with Gasteiger partial charge >= 0.3 is 0 Å². The van der Waals surface area contributed by atoms with E-state index in [0.717, 1.165) is 15.8 Å². The molecule has 0 radical (unpaired) electrons. The molecule has 92 valence electrons. The highest BCUT2D eigenvalue weighted by Gasteiger charge is 2.14. The van der Waals surface area contributed by atoms with E-state index in [1.54, 1.807) is 19.2 Å². The van der Waals surface area contributed by atoms with Crippen LogP contribution in [0.4, 0.5) is 0 Å². The normalized spacial score (nSPS) is 10.2. The van der Waals surface area contributed by atoms with Crippen molar-refractivity contribution in [2.75, 3.05) is 7.11 Å². The average Bonchev–Trinajstić information content (AvgIpc) is 2.38. The summed E-state index contributed by atoms with van der Waals surface area (Å²) in [7, 11) is 1.62. The molecular formula is C15H13BrO2. The molecule has 0 bridgehead atoms. The highest BCUT2D eigenvalue weighted by Crippen LogP contribution is 2.23. The fourth-order valence-electron chi connectivity index (χ4n) is 1.81. The summed E-state index contributed by atoms with van der Waals surface area (Å²) in [6.07, 6.45) is 0. The zero-order valence-corrected chi connectivity index (χ0v) is 11.8. The molecule has 0 fully saturated rings. The lowest BCUT2D eigenvalue weighted by molar-refractivity contribution is 0.103. The van der Waals surface area contributed by atoms with Crippen LogP contribution in [0.3, 0.4) is 0 Å². The Hall–Kier alpha value is -1.61. The summed E-state index contributed by atoms with van der Waals surface area (Å²) in [5.74, 6) is 0.777. The van der Waals surface area contributed by atoms with Crippen molar-refractivity contribution in [2.45, 2.75) is 6.92 Å². The fourth-order valence-corrected chi connectivity index (χ4v) is 2.27. The summed E-state index contributed by atoms with van der Waals surface area (Å²) in [4.78, 5) is 12.4. The monoisotopic (exact) mass is 304 g/mol. The molecule has 2 aromatic carbocycles. The molecule has 2 rings (SSSR count). The number of ketones is 1. The summed E-state index contributed by atoms with van der Waals surface area (Å²) in [6.45, 7) is 1.91. The van der Waals surface area contributed by atoms with Crippen LogP contribution in [-0.2, 0) is 0 Å². The smallest absolute Gasteiger partial charge is 0.194 e. The van der Waals surface area contributed by atoms with Gasteiger partial charge in [-0.25, -0.2) is 0 Å². The van der Waals surface area contributed by atoms with E-state index in [-0.39, 0.29) is 5.78 Å². The maximum atomic E-state index is 12.4. The Kier molecular flexibility index (Phi) is 3.82. The lowest BCUT2D eigenvalue weighted by Gasteiger charge is -2.08. The summed E-state index contributed by atoms with van der Waals surface area (Å²) in [5, 5.41) is 0. The Bertz CT molecular complexity index is 591. The molecule has 0 saturated heterocycles. The lowest BCUT2D eigenvalue weighted by atomic mass is 9.99. The predicted octanol–water partition coefficient (Wildman–Crippen LogP) is 4.00. The van der Waals surface area contributed by atoms with E-state index in [0.29, 0.717) is 11.1 Å². The first-order valence-corrected chi connectivity index (χ1v) is 6.36. The third-order valence-electron chi connectivity index (χ3n) is 2.80. The van der Waals surface area contributed by atoms with Crippen LogP contribution in [0.5, 0.6) is 5.75 Å². The second kappa shape index (κ2) is 5.36. The Morgan fingerprint density at radius 2 is 1.83 bits per heavy atom. The first-order valence-electron chi connectivity index (χ1n) is 5.57. The van der Waals surface area contributed by atoms with Gasteiger partial charge in [0.15, 0.2) is 5.78 Å². The Balaban J connectivity index is 2.44. The number of carbonyl (C=O) groups excluding carboxylic acids is 1. The number of rotatable bonds is 3. The minimum atomic E-state index is 0.0163. The molecule has 0 N–H and O–H groups in total. The van der Waals surface area contributed by atoms with Crippen molar-refractivity contribution in [2.24, 2.45) is 0 Å². The first kappa shape index (κ1) is 12.8. The second-order valence-corrected chi connectivity index (χ2v) is 4.84. The van der Waals surface area contributed by atoms with Gasteiger partial charge in [0.25, 0.3) is 0 Å². The number of carbonyl (C=O) groups is 1. The Morgan fingerprint density at radius 1 is 1.11 bits per heavy atom. The molecule has 18 heavy (non-hydrogen) atoms. The molecule has 0 aromatic heterocycles. The topological polar surface area (TPSA) is 26.3 Å². The Labute approximate surface area is 115 Å². The van der Waals surface area contributed by atoms with Gasteiger partial charge in [-0.1, -0.05) is 28.1 Å². The standard InChI is InChI=1S/C15H13BrO2/c1-10-9-11(18-2)7-8-12(10)15(17)13-5-3-4-6-14(13)16/h3-9H,1-2H3. The number of hydrogen-bond acceptors (Lipinski definition) is 2. The highest BCUT2D eigenvalue weighted by atomic mass is 79.9. The molecule has 0 spiro atoms. The summed E-state index contributed by atoms with van der Waals surface area (Å²) >= 11 is 3.40. The van der Waals surface area contributed by atoms with Gasteiger partial charge in [0, 0.05) is 15.6 Å². The molecule has 0 heterocycles. The van der Waals surface area contributed by atoms with Crippen molar-refractivity contribution in [1.82, 2.24) is 0 Å². The summed E-state index contributed by atoms with van der Waals surface area (Å²) in [6, 6.07) is 12.9. The van der Waals surface area contributed by atoms with Crippen molar-refractivity contribution in [3.8, 4) is 5.75 Å². The zero-order valence-electron chi connectivity index (χ0n) is 10.2. The summed E-state index contributed by atoms with van der Waals surface area (Å²) < 4.78 is 5.95. The van der Waals surface area contributed by atoms with Crippen molar-refractivity contribution in [3.05, 3.63) is 63.6 Å². The average molecular weight is 305 g/mol. The number of hydrogen-bond donors (Lipinski definition) is 0. The van der Waals surface area contributed by atoms with Crippen LogP contribution in [0, 0.1) is 6.92 Å². The van der Waals surface area contributed by atoms with Crippen molar-refractivity contribution in [3.63, 3.8) is 0 Å². The van der Waals surface area contributed by atoms with Crippen LogP contribution >= 0.6 is 15.9 Å². The molecule has 2 aromatic rings. The molecule has 0 aliphatic heterocycles. The van der Waals surface area contributed by atoms with Crippen molar-refractivity contribution >= 4 is 21.7 Å². The van der Waals surface area contributed by atoms with E-state index >= 15 is 0 Å². The van der Waals surface area contributed by atoms with Crippen LogP contribution in [0.25, 0.3) is 0 Å². The third-order valence-corrected chi connectivity index (χ3v) is 3.49. The van der Waals surface area contributed by atoms with E-state index in [9.17, 15) is 4.79 Å². The summed E-state index contributed by atoms with van der Waals surface area (Å²) in [5.41, 5.74) is 2.28. The number of aryl methyl sites for hydroxylation is 1. The van der Waals surface area contributed by atoms with Gasteiger partial charge in [-0.15, -0.1) is 0 Å². The Morgan fingerprint density at radius 3 is 2.44 bits per heavy atom. The molecular weight excluding hydrogens is 292 g/mol. The maximum absolute atomic E-state index is 12.4. The number of benzene rings is 2. The van der Waals surface area contributed by atoms with Crippen LogP contribution in [-0.4, -0.2) is 12.9 Å². The van der Waals surface area contributed by atoms with Gasteiger partial charge in [-0.05, 0) is 42.8 Å². The lowest BCUT2D eigenvalue weighted by Crippen LogP contribution is -2.04. The highest BCUT2D eigenvalue weighted by molar-refractivity contribution is 9.10. The largest absolute Gasteiger partial charge is 0.497 e. The number of methoxy groups -OCH3 is 1. The zero-order chi connectivity index (χ0) is 13.1. The van der Waals surface area contributed by atoms with E-state index < -0.39 is 0 Å². The molecule has 0 aliphatic rings. The first-order chi connectivity index (χ1) is 8.63. The molecule has 0 unspecified atom stereocenters. The second-order valence-electron chi connectivity index (χ2n) is 3.99. The molecule has 0 amide bonds. The van der Waals surface area contributed by atoms with Crippen molar-refractivity contribution in [1.29, 1.82) is 0 Å². The van der Waals surface area contributed by atoms with Crippen LogP contribution < -0.4 is 4.74 Å².